The number of carboxylic acid groups (broad SMARTS) is 1. The van der Waals surface area contributed by atoms with Crippen LogP contribution in [0, 0.1) is 0 Å². The molecule has 0 fully saturated rings. The second-order valence-electron chi connectivity index (χ2n) is 8.02. The molecule has 0 spiro atoms. The van der Waals surface area contributed by atoms with Crippen molar-refractivity contribution < 1.29 is 24.2 Å². The normalized spacial score (nSPS) is 13.0. The summed E-state index contributed by atoms with van der Waals surface area (Å²) in [5.74, 6) is -1.95. The van der Waals surface area contributed by atoms with Crippen molar-refractivity contribution in [2.45, 2.75) is 38.1 Å². The van der Waals surface area contributed by atoms with Gasteiger partial charge in [0.05, 0.1) is 6.42 Å². The summed E-state index contributed by atoms with van der Waals surface area (Å²) in [6, 6.07) is 15.5. The van der Waals surface area contributed by atoms with Gasteiger partial charge in [-0.3, -0.25) is 20.0 Å². The lowest BCUT2D eigenvalue weighted by Gasteiger charge is -2.14. The number of H-pyrrole nitrogens is 1. The first-order chi connectivity index (χ1) is 16.5. The number of rotatable bonds is 9. The van der Waals surface area contributed by atoms with Crippen LogP contribution in [0.4, 0.5) is 10.7 Å². The molecule has 3 aromatic rings. The third kappa shape index (κ3) is 5.06. The second-order valence-corrected chi connectivity index (χ2v) is 8.02. The molecule has 0 saturated carbocycles. The highest BCUT2D eigenvalue weighted by Crippen LogP contribution is 2.44. The molecule has 34 heavy (non-hydrogen) atoms. The van der Waals surface area contributed by atoms with Gasteiger partial charge >= 0.3 is 12.1 Å². The fourth-order valence-corrected chi connectivity index (χ4v) is 4.18. The maximum atomic E-state index is 12.4. The van der Waals surface area contributed by atoms with E-state index in [-0.39, 0.29) is 30.7 Å². The van der Waals surface area contributed by atoms with E-state index in [9.17, 15) is 14.4 Å². The second kappa shape index (κ2) is 10.2. The molecule has 1 heterocycles. The Bertz CT molecular complexity index is 1160. The number of carbonyl (C=O) groups is 3. The van der Waals surface area contributed by atoms with Crippen LogP contribution in [0.2, 0.25) is 0 Å². The number of benzene rings is 2. The summed E-state index contributed by atoms with van der Waals surface area (Å²) >= 11 is 0. The van der Waals surface area contributed by atoms with E-state index in [1.165, 1.54) is 0 Å². The molecule has 0 aliphatic heterocycles. The summed E-state index contributed by atoms with van der Waals surface area (Å²) in [6.45, 7) is 2.03. The lowest BCUT2D eigenvalue weighted by molar-refractivity contribution is -0.137. The molecule has 1 atom stereocenters. The van der Waals surface area contributed by atoms with E-state index in [1.54, 1.807) is 0 Å². The minimum Gasteiger partial charge on any atom is -0.481 e. The first-order valence-electron chi connectivity index (χ1n) is 11.0. The van der Waals surface area contributed by atoms with Crippen molar-refractivity contribution in [3.8, 4) is 11.1 Å². The van der Waals surface area contributed by atoms with Gasteiger partial charge in [-0.05, 0) is 28.7 Å². The van der Waals surface area contributed by atoms with Gasteiger partial charge in [-0.2, -0.15) is 4.98 Å². The molecule has 10 heteroatoms. The average molecular weight is 463 g/mol. The van der Waals surface area contributed by atoms with Crippen LogP contribution in [0.1, 0.15) is 53.8 Å². The SMILES string of the molecule is CCCC(CC(=O)O)NC(=O)c1nc(NC(=O)OCC2c3ccccc3-c3ccccc32)n[nH]1. The van der Waals surface area contributed by atoms with Crippen molar-refractivity contribution in [2.24, 2.45) is 0 Å². The molecule has 1 unspecified atom stereocenters. The Hall–Kier alpha value is -4.21. The Balaban J connectivity index is 1.35. The van der Waals surface area contributed by atoms with Gasteiger partial charge in [-0.1, -0.05) is 61.9 Å². The zero-order valence-electron chi connectivity index (χ0n) is 18.6. The zero-order chi connectivity index (χ0) is 24.1. The first kappa shape index (κ1) is 23.0. The van der Waals surface area contributed by atoms with Gasteiger partial charge in [0.1, 0.15) is 6.61 Å². The Labute approximate surface area is 195 Å². The van der Waals surface area contributed by atoms with Gasteiger partial charge in [0.25, 0.3) is 11.9 Å². The van der Waals surface area contributed by atoms with Gasteiger partial charge in [0.2, 0.25) is 5.82 Å². The van der Waals surface area contributed by atoms with Crippen LogP contribution in [0.5, 0.6) is 0 Å². The number of ether oxygens (including phenoxy) is 1. The molecular formula is C24H25N5O5. The number of nitrogens with zero attached hydrogens (tertiary/aromatic N) is 2. The highest BCUT2D eigenvalue weighted by molar-refractivity contribution is 5.92. The summed E-state index contributed by atoms with van der Waals surface area (Å²) in [5, 5.41) is 20.3. The van der Waals surface area contributed by atoms with Crippen LogP contribution in [-0.2, 0) is 9.53 Å². The molecule has 2 amide bonds. The number of carboxylic acids is 1. The molecule has 1 aliphatic carbocycles. The van der Waals surface area contributed by atoms with Crippen molar-refractivity contribution in [2.75, 3.05) is 11.9 Å². The summed E-state index contributed by atoms with van der Waals surface area (Å²) < 4.78 is 5.44. The monoisotopic (exact) mass is 463 g/mol. The molecule has 4 N–H and O–H groups in total. The Morgan fingerprint density at radius 3 is 2.35 bits per heavy atom. The van der Waals surface area contributed by atoms with Crippen LogP contribution in [-0.4, -0.2) is 50.9 Å². The number of aliphatic carboxylic acids is 1. The lowest BCUT2D eigenvalue weighted by Crippen LogP contribution is -2.37. The summed E-state index contributed by atoms with van der Waals surface area (Å²) in [4.78, 5) is 39.7. The smallest absolute Gasteiger partial charge is 0.414 e. The molecule has 1 aliphatic rings. The van der Waals surface area contributed by atoms with E-state index in [1.807, 2.05) is 43.3 Å². The Kier molecular flexibility index (Phi) is 6.86. The van der Waals surface area contributed by atoms with Gasteiger partial charge in [0, 0.05) is 12.0 Å². The Morgan fingerprint density at radius 1 is 1.09 bits per heavy atom. The van der Waals surface area contributed by atoms with Crippen LogP contribution in [0.25, 0.3) is 11.1 Å². The maximum absolute atomic E-state index is 12.4. The molecule has 0 radical (unpaired) electrons. The largest absolute Gasteiger partial charge is 0.481 e. The van der Waals surface area contributed by atoms with E-state index in [0.29, 0.717) is 12.8 Å². The topological polar surface area (TPSA) is 146 Å². The molecule has 1 aromatic heterocycles. The highest BCUT2D eigenvalue weighted by atomic mass is 16.5. The minimum absolute atomic E-state index is 0.0867. The Morgan fingerprint density at radius 2 is 1.74 bits per heavy atom. The van der Waals surface area contributed by atoms with Crippen LogP contribution in [0.15, 0.2) is 48.5 Å². The first-order valence-corrected chi connectivity index (χ1v) is 11.0. The van der Waals surface area contributed by atoms with Crippen molar-refractivity contribution in [3.05, 3.63) is 65.5 Å². The average Bonchev–Trinajstić information content (AvgIpc) is 3.40. The van der Waals surface area contributed by atoms with Crippen LogP contribution < -0.4 is 10.6 Å². The predicted octanol–water partition coefficient (Wildman–Crippen LogP) is 3.54. The third-order valence-corrected chi connectivity index (χ3v) is 5.65. The fraction of sp³-hybridized carbons (Fsp3) is 0.292. The maximum Gasteiger partial charge on any atom is 0.414 e. The zero-order valence-corrected chi connectivity index (χ0v) is 18.6. The number of aromatic amines is 1. The number of anilines is 1. The number of hydrogen-bond donors (Lipinski definition) is 4. The fourth-order valence-electron chi connectivity index (χ4n) is 4.18. The van der Waals surface area contributed by atoms with Crippen LogP contribution in [0.3, 0.4) is 0 Å². The van der Waals surface area contributed by atoms with Crippen molar-refractivity contribution in [1.29, 1.82) is 0 Å². The number of carbonyl (C=O) groups excluding carboxylic acids is 2. The minimum atomic E-state index is -1.01. The molecule has 176 valence electrons. The van der Waals surface area contributed by atoms with E-state index >= 15 is 0 Å². The quantitative estimate of drug-likeness (QED) is 0.379. The summed E-state index contributed by atoms with van der Waals surface area (Å²) in [6.07, 6.45) is 0.279. The van der Waals surface area contributed by atoms with Gasteiger partial charge < -0.3 is 15.2 Å². The summed E-state index contributed by atoms with van der Waals surface area (Å²) in [7, 11) is 0. The number of amides is 2. The molecule has 0 saturated heterocycles. The molecular weight excluding hydrogens is 438 g/mol. The standard InChI is InChI=1S/C24H25N5O5/c1-2-7-14(12-20(30)31)25-22(32)21-26-23(29-28-21)27-24(33)34-13-19-17-10-5-3-8-15(17)16-9-4-6-11-18(16)19/h3-6,8-11,14,19H,2,7,12-13H2,1H3,(H,25,32)(H,30,31)(H2,26,27,28,29,33). The number of fused-ring (bicyclic) bond motifs is 3. The van der Waals surface area contributed by atoms with E-state index in [0.717, 1.165) is 22.3 Å². The van der Waals surface area contributed by atoms with Crippen molar-refractivity contribution in [1.82, 2.24) is 20.5 Å². The molecule has 2 aromatic carbocycles. The van der Waals surface area contributed by atoms with Crippen LogP contribution >= 0.6 is 0 Å². The van der Waals surface area contributed by atoms with E-state index in [4.69, 9.17) is 9.84 Å². The number of aromatic nitrogens is 3. The predicted molar refractivity (Wildman–Crippen MR) is 123 cm³/mol. The highest BCUT2D eigenvalue weighted by Gasteiger charge is 2.29. The lowest BCUT2D eigenvalue weighted by atomic mass is 9.98. The third-order valence-electron chi connectivity index (χ3n) is 5.65. The molecule has 10 nitrogen and oxygen atoms in total. The molecule has 4 rings (SSSR count). The van der Waals surface area contributed by atoms with Gasteiger partial charge in [0.15, 0.2) is 0 Å². The van der Waals surface area contributed by atoms with E-state index in [2.05, 4.69) is 37.9 Å². The van der Waals surface area contributed by atoms with Crippen molar-refractivity contribution >= 4 is 23.9 Å². The number of hydrogen-bond acceptors (Lipinski definition) is 6. The van der Waals surface area contributed by atoms with Gasteiger partial charge in [-0.15, -0.1) is 5.10 Å². The number of nitrogens with one attached hydrogen (secondary N) is 3. The van der Waals surface area contributed by atoms with Crippen molar-refractivity contribution in [3.63, 3.8) is 0 Å². The van der Waals surface area contributed by atoms with Gasteiger partial charge in [-0.25, -0.2) is 4.79 Å². The summed E-state index contributed by atoms with van der Waals surface area (Å²) in [5.41, 5.74) is 4.44. The van der Waals surface area contributed by atoms with E-state index < -0.39 is 24.0 Å². The molecule has 0 bridgehead atoms.